The highest BCUT2D eigenvalue weighted by molar-refractivity contribution is 6.05. The van der Waals surface area contributed by atoms with Gasteiger partial charge < -0.3 is 14.6 Å². The van der Waals surface area contributed by atoms with Crippen LogP contribution in [0.3, 0.4) is 0 Å². The van der Waals surface area contributed by atoms with Gasteiger partial charge in [0.2, 0.25) is 5.88 Å². The maximum Gasteiger partial charge on any atom is 0.262 e. The minimum atomic E-state index is -0.339. The summed E-state index contributed by atoms with van der Waals surface area (Å²) >= 11 is 0. The van der Waals surface area contributed by atoms with Gasteiger partial charge in [-0.25, -0.2) is 9.97 Å². The molecule has 1 aliphatic heterocycles. The lowest BCUT2D eigenvalue weighted by Crippen LogP contribution is -2.17. The maximum absolute atomic E-state index is 13.1. The monoisotopic (exact) mass is 414 g/mol. The van der Waals surface area contributed by atoms with E-state index in [2.05, 4.69) is 44.2 Å². The highest BCUT2D eigenvalue weighted by Crippen LogP contribution is 2.28. The zero-order chi connectivity index (χ0) is 21.2. The standard InChI is InChI=1S/C23H22N6O2/c1-15-4-3-11-31-23-18(12-17(13-24-23)10-9-16-7-8-16)22(30)27-20-6-2-5-19(26-20)21-28-25-14-29(15)21/h2,5-6,12-16H,3-4,7-8,11H2,1H3,(H,26,27,30)/t15-/m0/s1. The van der Waals surface area contributed by atoms with Gasteiger partial charge in [-0.1, -0.05) is 17.9 Å². The number of aromatic nitrogens is 5. The fourth-order valence-corrected chi connectivity index (χ4v) is 3.46. The molecule has 0 spiro atoms. The summed E-state index contributed by atoms with van der Waals surface area (Å²) in [5.41, 5.74) is 1.70. The third-order valence-corrected chi connectivity index (χ3v) is 5.37. The van der Waals surface area contributed by atoms with E-state index in [-0.39, 0.29) is 11.9 Å². The number of fused-ring (bicyclic) bond motifs is 5. The number of hydrogen-bond donors (Lipinski definition) is 1. The Morgan fingerprint density at radius 2 is 2.16 bits per heavy atom. The van der Waals surface area contributed by atoms with E-state index in [9.17, 15) is 4.79 Å². The summed E-state index contributed by atoms with van der Waals surface area (Å²) in [7, 11) is 0. The minimum absolute atomic E-state index is 0.170. The molecular formula is C23H22N6O2. The van der Waals surface area contributed by atoms with Crippen molar-refractivity contribution in [2.24, 2.45) is 5.92 Å². The van der Waals surface area contributed by atoms with Crippen LogP contribution in [0.2, 0.25) is 0 Å². The Morgan fingerprint density at radius 3 is 3.03 bits per heavy atom. The molecule has 1 atom stereocenters. The fraction of sp³-hybridized carbons (Fsp3) is 0.348. The van der Waals surface area contributed by atoms with Crippen molar-refractivity contribution in [1.29, 1.82) is 0 Å². The highest BCUT2D eigenvalue weighted by Gasteiger charge is 2.20. The Morgan fingerprint density at radius 1 is 1.26 bits per heavy atom. The van der Waals surface area contributed by atoms with Gasteiger partial charge in [0, 0.05) is 23.7 Å². The van der Waals surface area contributed by atoms with E-state index in [1.807, 2.05) is 16.7 Å². The molecule has 3 aromatic rings. The summed E-state index contributed by atoms with van der Waals surface area (Å²) in [6, 6.07) is 7.34. The van der Waals surface area contributed by atoms with E-state index in [0.717, 1.165) is 25.7 Å². The van der Waals surface area contributed by atoms with Crippen molar-refractivity contribution in [2.45, 2.75) is 38.6 Å². The second-order valence-corrected chi connectivity index (χ2v) is 7.88. The molecule has 1 saturated carbocycles. The van der Waals surface area contributed by atoms with Gasteiger partial charge in [-0.05, 0) is 50.8 Å². The quantitative estimate of drug-likeness (QED) is 0.566. The van der Waals surface area contributed by atoms with Crippen molar-refractivity contribution in [1.82, 2.24) is 24.7 Å². The molecule has 8 nitrogen and oxygen atoms in total. The summed E-state index contributed by atoms with van der Waals surface area (Å²) in [5.74, 6) is 7.85. The number of anilines is 1. The minimum Gasteiger partial charge on any atom is -0.477 e. The van der Waals surface area contributed by atoms with E-state index in [0.29, 0.717) is 46.9 Å². The molecule has 5 rings (SSSR count). The maximum atomic E-state index is 13.1. The zero-order valence-corrected chi connectivity index (χ0v) is 17.2. The van der Waals surface area contributed by atoms with E-state index in [4.69, 9.17) is 4.74 Å². The SMILES string of the molecule is C[C@H]1CCCOc2ncc(C#CC3CC3)cc2C(=O)Nc2cccc(n2)-c2nncn21. The molecule has 2 aliphatic rings. The van der Waals surface area contributed by atoms with Crippen molar-refractivity contribution in [3.05, 3.63) is 47.9 Å². The normalized spacial score (nSPS) is 18.4. The smallest absolute Gasteiger partial charge is 0.262 e. The Kier molecular flexibility index (Phi) is 5.08. The van der Waals surface area contributed by atoms with Gasteiger partial charge in [-0.3, -0.25) is 4.79 Å². The zero-order valence-electron chi connectivity index (χ0n) is 17.2. The van der Waals surface area contributed by atoms with E-state index in [1.165, 1.54) is 0 Å². The summed E-state index contributed by atoms with van der Waals surface area (Å²) < 4.78 is 7.88. The van der Waals surface area contributed by atoms with Crippen molar-refractivity contribution < 1.29 is 9.53 Å². The van der Waals surface area contributed by atoms with Crippen LogP contribution in [0, 0.1) is 17.8 Å². The Labute approximate surface area is 180 Å². The molecule has 2 bridgehead atoms. The average molecular weight is 414 g/mol. The van der Waals surface area contributed by atoms with Crippen LogP contribution >= 0.6 is 0 Å². The molecule has 31 heavy (non-hydrogen) atoms. The first-order valence-electron chi connectivity index (χ1n) is 10.5. The van der Waals surface area contributed by atoms with Gasteiger partial charge in [0.15, 0.2) is 5.82 Å². The second kappa shape index (κ2) is 8.19. The van der Waals surface area contributed by atoms with Crippen molar-refractivity contribution in [2.75, 3.05) is 11.9 Å². The van der Waals surface area contributed by atoms with Crippen molar-refractivity contribution in [3.63, 3.8) is 0 Å². The molecular weight excluding hydrogens is 392 g/mol. The third kappa shape index (κ3) is 4.26. The number of nitrogens with one attached hydrogen (secondary N) is 1. The summed E-state index contributed by atoms with van der Waals surface area (Å²) in [4.78, 5) is 22.0. The van der Waals surface area contributed by atoms with Crippen LogP contribution in [0.5, 0.6) is 5.88 Å². The van der Waals surface area contributed by atoms with Crippen molar-refractivity contribution in [3.8, 4) is 29.2 Å². The van der Waals surface area contributed by atoms with E-state index < -0.39 is 0 Å². The Balaban J connectivity index is 1.52. The summed E-state index contributed by atoms with van der Waals surface area (Å²) in [6.07, 6.45) is 7.30. The Hall–Kier alpha value is -3.73. The summed E-state index contributed by atoms with van der Waals surface area (Å²) in [6.45, 7) is 2.56. The van der Waals surface area contributed by atoms with Crippen molar-refractivity contribution >= 4 is 11.7 Å². The summed E-state index contributed by atoms with van der Waals surface area (Å²) in [5, 5.41) is 11.2. The molecule has 1 amide bonds. The number of nitrogens with zero attached hydrogens (tertiary/aromatic N) is 5. The number of hydrogen-bond acceptors (Lipinski definition) is 6. The second-order valence-electron chi connectivity index (χ2n) is 7.88. The van der Waals surface area contributed by atoms with Crippen LogP contribution in [0.1, 0.15) is 54.6 Å². The fourth-order valence-electron chi connectivity index (χ4n) is 3.46. The lowest BCUT2D eigenvalue weighted by molar-refractivity contribution is 0.102. The lowest BCUT2D eigenvalue weighted by atomic mass is 10.1. The first kappa shape index (κ1) is 19.2. The first-order chi connectivity index (χ1) is 15.2. The first-order valence-corrected chi connectivity index (χ1v) is 10.5. The predicted molar refractivity (Wildman–Crippen MR) is 114 cm³/mol. The number of carbonyl (C=O) groups excluding carboxylic acids is 1. The molecule has 0 aromatic carbocycles. The average Bonchev–Trinajstić information content (AvgIpc) is 3.48. The van der Waals surface area contributed by atoms with Gasteiger partial charge in [0.25, 0.3) is 5.91 Å². The molecule has 1 aliphatic carbocycles. The molecule has 4 heterocycles. The number of carbonyl (C=O) groups is 1. The molecule has 0 saturated heterocycles. The lowest BCUT2D eigenvalue weighted by Gasteiger charge is -2.17. The number of rotatable bonds is 0. The van der Waals surface area contributed by atoms with Crippen LogP contribution in [0.15, 0.2) is 36.8 Å². The number of amides is 1. The predicted octanol–water partition coefficient (Wildman–Crippen LogP) is 3.48. The number of ether oxygens (including phenoxy) is 1. The van der Waals surface area contributed by atoms with Crippen LogP contribution in [0.25, 0.3) is 11.5 Å². The van der Waals surface area contributed by atoms with Gasteiger partial charge >= 0.3 is 0 Å². The van der Waals surface area contributed by atoms with E-state index in [1.54, 1.807) is 24.7 Å². The molecule has 1 N–H and O–H groups in total. The molecule has 0 unspecified atom stereocenters. The van der Waals surface area contributed by atoms with Crippen LogP contribution < -0.4 is 10.1 Å². The van der Waals surface area contributed by atoms with Gasteiger partial charge in [0.05, 0.1) is 6.61 Å². The van der Waals surface area contributed by atoms with Crippen LogP contribution in [0.4, 0.5) is 5.82 Å². The van der Waals surface area contributed by atoms with E-state index >= 15 is 0 Å². The molecule has 0 radical (unpaired) electrons. The van der Waals surface area contributed by atoms with Gasteiger partial charge in [-0.2, -0.15) is 0 Å². The molecule has 1 fully saturated rings. The van der Waals surface area contributed by atoms with Gasteiger partial charge in [-0.15, -0.1) is 10.2 Å². The molecule has 8 heteroatoms. The number of pyridine rings is 2. The molecule has 3 aromatic heterocycles. The van der Waals surface area contributed by atoms with Gasteiger partial charge in [0.1, 0.15) is 23.4 Å². The highest BCUT2D eigenvalue weighted by atomic mass is 16.5. The van der Waals surface area contributed by atoms with Crippen LogP contribution in [-0.2, 0) is 0 Å². The van der Waals surface area contributed by atoms with Crippen LogP contribution in [-0.4, -0.2) is 37.2 Å². The topological polar surface area (TPSA) is 94.8 Å². The molecule has 156 valence electrons. The Bertz CT molecular complexity index is 1190. The third-order valence-electron chi connectivity index (χ3n) is 5.37. The largest absolute Gasteiger partial charge is 0.477 e.